The number of nitrogens with zero attached hydrogens (tertiary/aromatic N) is 1. The molecule has 2 amide bonds. The Bertz CT molecular complexity index is 710. The number of rotatable bonds is 3. The highest BCUT2D eigenvalue weighted by molar-refractivity contribution is 7.99. The first-order valence-electron chi connectivity index (χ1n) is 7.27. The normalized spacial score (nSPS) is 17.1. The van der Waals surface area contributed by atoms with Crippen molar-refractivity contribution in [3.63, 3.8) is 0 Å². The van der Waals surface area contributed by atoms with Gasteiger partial charge in [0.1, 0.15) is 16.9 Å². The van der Waals surface area contributed by atoms with Crippen molar-refractivity contribution in [1.82, 2.24) is 4.90 Å². The molecule has 3 rings (SSSR count). The van der Waals surface area contributed by atoms with E-state index in [9.17, 15) is 9.18 Å². The van der Waals surface area contributed by atoms with E-state index in [4.69, 9.17) is 4.74 Å². The number of nitrogens with one attached hydrogen (secondary N) is 1. The topological polar surface area (TPSA) is 41.6 Å². The third-order valence-corrected chi connectivity index (χ3v) is 4.89. The van der Waals surface area contributed by atoms with Gasteiger partial charge in [-0.05, 0) is 29.8 Å². The zero-order valence-electron chi connectivity index (χ0n) is 12.7. The molecule has 4 nitrogen and oxygen atoms in total. The number of para-hydroxylation sites is 2. The molecule has 1 fully saturated rings. The fourth-order valence-corrected chi connectivity index (χ4v) is 3.79. The number of hydrogen-bond donors (Lipinski definition) is 1. The van der Waals surface area contributed by atoms with Crippen molar-refractivity contribution in [2.45, 2.75) is 5.37 Å². The Morgan fingerprint density at radius 3 is 2.91 bits per heavy atom. The number of carbonyl (C=O) groups is 1. The Morgan fingerprint density at radius 2 is 2.13 bits per heavy atom. The Hall–Kier alpha value is -2.21. The number of methoxy groups -OCH3 is 1. The highest BCUT2D eigenvalue weighted by Crippen LogP contribution is 2.38. The molecule has 23 heavy (non-hydrogen) atoms. The molecule has 1 aliphatic heterocycles. The maximum atomic E-state index is 13.4. The molecule has 0 radical (unpaired) electrons. The zero-order valence-corrected chi connectivity index (χ0v) is 13.5. The molecule has 1 saturated heterocycles. The van der Waals surface area contributed by atoms with Gasteiger partial charge < -0.3 is 15.0 Å². The molecule has 1 N–H and O–H groups in total. The summed E-state index contributed by atoms with van der Waals surface area (Å²) in [4.78, 5) is 14.3. The quantitative estimate of drug-likeness (QED) is 0.919. The summed E-state index contributed by atoms with van der Waals surface area (Å²) in [6.45, 7) is 0.618. The van der Waals surface area contributed by atoms with Gasteiger partial charge >= 0.3 is 6.03 Å². The molecule has 2 aromatic rings. The molecule has 1 atom stereocenters. The number of urea groups is 1. The predicted octanol–water partition coefficient (Wildman–Crippen LogP) is 4.11. The molecule has 1 aliphatic rings. The molecule has 0 bridgehead atoms. The first-order chi connectivity index (χ1) is 11.2. The number of halogens is 1. The fraction of sp³-hybridized carbons (Fsp3) is 0.235. The molecule has 0 aromatic heterocycles. The minimum Gasteiger partial charge on any atom is -0.495 e. The van der Waals surface area contributed by atoms with Crippen LogP contribution in [0.1, 0.15) is 10.9 Å². The van der Waals surface area contributed by atoms with Crippen molar-refractivity contribution in [1.29, 1.82) is 0 Å². The van der Waals surface area contributed by atoms with Gasteiger partial charge in [-0.25, -0.2) is 9.18 Å². The second-order valence-electron chi connectivity index (χ2n) is 5.10. The largest absolute Gasteiger partial charge is 0.495 e. The summed E-state index contributed by atoms with van der Waals surface area (Å²) in [6.07, 6.45) is 0. The molecule has 2 aromatic carbocycles. The van der Waals surface area contributed by atoms with Gasteiger partial charge in [0.25, 0.3) is 0 Å². The number of hydrogen-bond acceptors (Lipinski definition) is 3. The van der Waals surface area contributed by atoms with E-state index >= 15 is 0 Å². The maximum Gasteiger partial charge on any atom is 0.323 e. The first-order valence-corrected chi connectivity index (χ1v) is 8.31. The number of ether oxygens (including phenoxy) is 1. The number of carbonyl (C=O) groups excluding carboxylic acids is 1. The minimum absolute atomic E-state index is 0.180. The number of amides is 2. The number of thioether (sulfide) groups is 1. The van der Waals surface area contributed by atoms with Crippen molar-refractivity contribution in [3.8, 4) is 5.75 Å². The van der Waals surface area contributed by atoms with Crippen LogP contribution in [0.25, 0.3) is 0 Å². The highest BCUT2D eigenvalue weighted by atomic mass is 32.2. The number of benzene rings is 2. The lowest BCUT2D eigenvalue weighted by molar-refractivity contribution is 0.214. The van der Waals surface area contributed by atoms with Gasteiger partial charge in [-0.1, -0.05) is 24.3 Å². The van der Waals surface area contributed by atoms with Crippen LogP contribution in [0.4, 0.5) is 14.9 Å². The van der Waals surface area contributed by atoms with Crippen LogP contribution in [0, 0.1) is 5.82 Å². The van der Waals surface area contributed by atoms with Gasteiger partial charge in [-0.2, -0.15) is 0 Å². The molecule has 0 aliphatic carbocycles. The summed E-state index contributed by atoms with van der Waals surface area (Å²) in [7, 11) is 1.56. The van der Waals surface area contributed by atoms with Crippen LogP contribution in [0.3, 0.4) is 0 Å². The van der Waals surface area contributed by atoms with E-state index in [2.05, 4.69) is 5.32 Å². The maximum absolute atomic E-state index is 13.4. The summed E-state index contributed by atoms with van der Waals surface area (Å²) in [6, 6.07) is 13.4. The van der Waals surface area contributed by atoms with Gasteiger partial charge in [-0.15, -0.1) is 11.8 Å². The summed E-state index contributed by atoms with van der Waals surface area (Å²) in [5.41, 5.74) is 1.41. The van der Waals surface area contributed by atoms with Crippen molar-refractivity contribution < 1.29 is 13.9 Å². The lowest BCUT2D eigenvalue weighted by atomic mass is 10.2. The molecule has 1 heterocycles. The fourth-order valence-electron chi connectivity index (χ4n) is 2.55. The Labute approximate surface area is 138 Å². The predicted molar refractivity (Wildman–Crippen MR) is 90.3 cm³/mol. The van der Waals surface area contributed by atoms with Gasteiger partial charge in [0.05, 0.1) is 12.8 Å². The second-order valence-corrected chi connectivity index (χ2v) is 6.29. The van der Waals surface area contributed by atoms with E-state index in [-0.39, 0.29) is 17.2 Å². The van der Waals surface area contributed by atoms with Gasteiger partial charge in [0, 0.05) is 12.3 Å². The van der Waals surface area contributed by atoms with Crippen molar-refractivity contribution in [3.05, 3.63) is 59.9 Å². The van der Waals surface area contributed by atoms with Crippen LogP contribution in [-0.2, 0) is 0 Å². The summed E-state index contributed by atoms with van der Waals surface area (Å²) < 4.78 is 18.7. The van der Waals surface area contributed by atoms with Crippen molar-refractivity contribution in [2.75, 3.05) is 24.7 Å². The Kier molecular flexibility index (Phi) is 4.71. The lowest BCUT2D eigenvalue weighted by Crippen LogP contribution is -2.34. The number of anilines is 1. The monoisotopic (exact) mass is 332 g/mol. The van der Waals surface area contributed by atoms with Crippen molar-refractivity contribution in [2.24, 2.45) is 0 Å². The van der Waals surface area contributed by atoms with Crippen LogP contribution in [0.5, 0.6) is 5.75 Å². The molecule has 0 unspecified atom stereocenters. The van der Waals surface area contributed by atoms with Crippen LogP contribution >= 0.6 is 11.8 Å². The molecule has 0 spiro atoms. The zero-order chi connectivity index (χ0) is 16.2. The highest BCUT2D eigenvalue weighted by Gasteiger charge is 2.31. The molecule has 6 heteroatoms. The molecule has 0 saturated carbocycles. The second kappa shape index (κ2) is 6.91. The van der Waals surface area contributed by atoms with Gasteiger partial charge in [0.2, 0.25) is 0 Å². The summed E-state index contributed by atoms with van der Waals surface area (Å²) >= 11 is 1.63. The average Bonchev–Trinajstić information content (AvgIpc) is 3.05. The van der Waals surface area contributed by atoms with E-state index in [0.717, 1.165) is 11.3 Å². The van der Waals surface area contributed by atoms with Crippen LogP contribution < -0.4 is 10.1 Å². The Morgan fingerprint density at radius 1 is 1.30 bits per heavy atom. The van der Waals surface area contributed by atoms with Crippen molar-refractivity contribution >= 4 is 23.5 Å². The third-order valence-electron chi connectivity index (χ3n) is 3.63. The van der Waals surface area contributed by atoms with Gasteiger partial charge in [0.15, 0.2) is 0 Å². The summed E-state index contributed by atoms with van der Waals surface area (Å²) in [5.74, 6) is 1.13. The molecular weight excluding hydrogens is 315 g/mol. The summed E-state index contributed by atoms with van der Waals surface area (Å²) in [5, 5.41) is 2.69. The average molecular weight is 332 g/mol. The van der Waals surface area contributed by atoms with Crippen LogP contribution in [0.15, 0.2) is 48.5 Å². The molecule has 120 valence electrons. The van der Waals surface area contributed by atoms with E-state index in [1.54, 1.807) is 42.0 Å². The third kappa shape index (κ3) is 3.42. The molecular formula is C17H17FN2O2S. The minimum atomic E-state index is -0.292. The van der Waals surface area contributed by atoms with Crippen LogP contribution in [-0.4, -0.2) is 30.3 Å². The first kappa shape index (κ1) is 15.7. The van der Waals surface area contributed by atoms with E-state index < -0.39 is 0 Å². The SMILES string of the molecule is COc1ccccc1NC(=O)N1CCS[C@@H]1c1cccc(F)c1. The van der Waals surface area contributed by atoms with E-state index in [1.165, 1.54) is 12.1 Å². The standard InChI is InChI=1S/C17H17FN2O2S/c1-22-15-8-3-2-7-14(15)19-17(21)20-9-10-23-16(20)12-5-4-6-13(18)11-12/h2-8,11,16H,9-10H2,1H3,(H,19,21)/t16-/m1/s1. The van der Waals surface area contributed by atoms with E-state index in [0.29, 0.717) is 18.0 Å². The Balaban J connectivity index is 1.78. The van der Waals surface area contributed by atoms with Gasteiger partial charge in [-0.3, -0.25) is 0 Å². The smallest absolute Gasteiger partial charge is 0.323 e. The van der Waals surface area contributed by atoms with E-state index in [1.807, 2.05) is 18.2 Å². The van der Waals surface area contributed by atoms with Crippen LogP contribution in [0.2, 0.25) is 0 Å². The lowest BCUT2D eigenvalue weighted by Gasteiger charge is -2.24.